The number of nitrogens with zero attached hydrogens (tertiary/aromatic N) is 6. The molecule has 24 rings (SSSR count). The summed E-state index contributed by atoms with van der Waals surface area (Å²) in [4.78, 5) is 77.3. The first kappa shape index (κ1) is 82.2. The molecule has 15 heteroatoms. The number of carbonyl (C=O) groups excluding carboxylic acids is 5. The van der Waals surface area contributed by atoms with Crippen LogP contribution in [0.15, 0.2) is 413 Å². The summed E-state index contributed by atoms with van der Waals surface area (Å²) in [5.41, 5.74) is 22.0. The van der Waals surface area contributed by atoms with Crippen molar-refractivity contribution >= 4 is 129 Å². The Morgan fingerprint density at radius 3 is 0.870 bits per heavy atom. The number of benzene rings is 19. The van der Waals surface area contributed by atoms with E-state index in [-0.39, 0.29) is 29.5 Å². The molecule has 630 valence electrons. The maximum Gasteiger partial charge on any atom is 0.416 e. The number of hydrogen-bond acceptors (Lipinski definition) is 6. The van der Waals surface area contributed by atoms with E-state index in [1.54, 1.807) is 18.1 Å². The predicted molar refractivity (Wildman–Crippen MR) is 522 cm³/mol. The first-order chi connectivity index (χ1) is 64.2. The predicted octanol–water partition coefficient (Wildman–Crippen LogP) is 28.9. The average molecular weight is 1710 g/mol. The molecule has 5 aliphatic rings. The van der Waals surface area contributed by atoms with Crippen LogP contribution < -0.4 is 29.2 Å². The summed E-state index contributed by atoms with van der Waals surface area (Å²) in [6.45, 7) is 8.55. The number of para-hydroxylation sites is 1. The van der Waals surface area contributed by atoms with Crippen LogP contribution in [0.25, 0.3) is 114 Å². The lowest BCUT2D eigenvalue weighted by atomic mass is 9.96. The van der Waals surface area contributed by atoms with Crippen LogP contribution in [0.5, 0.6) is 5.75 Å². The zero-order chi connectivity index (χ0) is 89.4. The molecule has 0 bridgehead atoms. The molecule has 0 fully saturated rings. The van der Waals surface area contributed by atoms with Crippen LogP contribution in [0.3, 0.4) is 0 Å². The number of halogens is 3. The summed E-state index contributed by atoms with van der Waals surface area (Å²) >= 11 is 0. The Morgan fingerprint density at radius 2 is 0.550 bits per heavy atom. The maximum atomic E-state index is 13.2. The molecule has 19 aromatic carbocycles. The van der Waals surface area contributed by atoms with Gasteiger partial charge >= 0.3 is 6.18 Å². The summed E-state index contributed by atoms with van der Waals surface area (Å²) in [7, 11) is 1.64. The molecular weight excluding hydrogens is 1630 g/mol. The van der Waals surface area contributed by atoms with E-state index in [1.165, 1.54) is 28.2 Å². The highest BCUT2D eigenvalue weighted by atomic mass is 19.4. The highest BCUT2D eigenvalue weighted by Crippen LogP contribution is 2.51. The number of alkyl halides is 3. The van der Waals surface area contributed by atoms with Gasteiger partial charge in [-0.05, 0) is 209 Å². The third-order valence-electron chi connectivity index (χ3n) is 24.7. The fourth-order valence-electron chi connectivity index (χ4n) is 18.7. The van der Waals surface area contributed by atoms with Gasteiger partial charge < -0.3 is 19.4 Å². The van der Waals surface area contributed by atoms with Crippen molar-refractivity contribution in [2.24, 2.45) is 0 Å². The normalized spacial score (nSPS) is 12.8. The number of methoxy groups -OCH3 is 1. The van der Waals surface area contributed by atoms with Gasteiger partial charge in [0.05, 0.1) is 64.3 Å². The molecule has 0 aliphatic carbocycles. The van der Waals surface area contributed by atoms with Crippen LogP contribution in [-0.4, -0.2) is 49.7 Å². The van der Waals surface area contributed by atoms with Crippen molar-refractivity contribution in [3.05, 3.63) is 463 Å². The van der Waals surface area contributed by atoms with Crippen molar-refractivity contribution in [1.29, 1.82) is 0 Å². The van der Waals surface area contributed by atoms with E-state index in [0.717, 1.165) is 178 Å². The van der Waals surface area contributed by atoms with Gasteiger partial charge in [-0.2, -0.15) is 13.2 Å². The Balaban J connectivity index is 0.000000102. The smallest absolute Gasteiger partial charge is 0.416 e. The highest BCUT2D eigenvalue weighted by Gasteiger charge is 2.38. The molecule has 0 radical (unpaired) electrons. The molecular formula is C116H79F3N6O6. The van der Waals surface area contributed by atoms with Crippen molar-refractivity contribution < 1.29 is 41.9 Å². The summed E-state index contributed by atoms with van der Waals surface area (Å²) in [5, 5.41) is 10.4. The summed E-state index contributed by atoms with van der Waals surface area (Å²) in [5.74, 6) is 0.705. The Labute approximate surface area is 754 Å². The molecule has 0 spiro atoms. The average Bonchev–Trinajstić information content (AvgIpc) is 1.52. The molecule has 131 heavy (non-hydrogen) atoms. The van der Waals surface area contributed by atoms with E-state index in [4.69, 9.17) is 11.3 Å². The quantitative estimate of drug-likeness (QED) is 0.0791. The molecule has 0 N–H and O–H groups in total. The second-order valence-electron chi connectivity index (χ2n) is 32.2. The summed E-state index contributed by atoms with van der Waals surface area (Å²) < 4.78 is 43.9. The molecule has 12 nitrogen and oxygen atoms in total. The second-order valence-corrected chi connectivity index (χ2v) is 32.2. The summed E-state index contributed by atoms with van der Waals surface area (Å²) in [6.07, 6.45) is -3.72. The molecule has 0 atom stereocenters. The van der Waals surface area contributed by atoms with Gasteiger partial charge in [-0.25, -0.2) is 6.57 Å². The molecule has 5 amide bonds. The zero-order valence-corrected chi connectivity index (χ0v) is 70.9. The molecule has 5 heterocycles. The topological polar surface area (TPSA) is 115 Å². The van der Waals surface area contributed by atoms with Crippen LogP contribution in [0.2, 0.25) is 0 Å². The van der Waals surface area contributed by atoms with Crippen molar-refractivity contribution in [1.82, 2.24) is 0 Å². The summed E-state index contributed by atoms with van der Waals surface area (Å²) in [6, 6.07) is 133. The van der Waals surface area contributed by atoms with Gasteiger partial charge in [0, 0.05) is 68.1 Å². The molecule has 0 saturated heterocycles. The maximum absolute atomic E-state index is 13.2. The van der Waals surface area contributed by atoms with E-state index in [2.05, 4.69) is 126 Å². The fourth-order valence-corrected chi connectivity index (χ4v) is 18.7. The minimum Gasteiger partial charge on any atom is -0.497 e. The lowest BCUT2D eigenvalue weighted by Crippen LogP contribution is -2.28. The van der Waals surface area contributed by atoms with Gasteiger partial charge in [-0.3, -0.25) is 38.7 Å². The van der Waals surface area contributed by atoms with Crippen molar-refractivity contribution in [2.75, 3.05) is 44.7 Å². The van der Waals surface area contributed by atoms with Gasteiger partial charge in [0.15, 0.2) is 0 Å². The second kappa shape index (κ2) is 35.0. The fraction of sp³-hybridized carbons (Fsp3) is 0.0517. The van der Waals surface area contributed by atoms with Gasteiger partial charge in [0.1, 0.15) is 5.75 Å². The standard InChI is InChI=1S/C24H14F3NO.C24H17NO2.C24H17NO.C23H15NO.C21H16N2O/c25-24(26,27)16-9-11-17(12-10-16)28-21-14-13-18(15-5-2-1-3-6-15)19-7-4-8-20(22(19)21)23(28)29;1-27-18-12-10-17(11-13-18)25-22-15-14-19(16-6-3-2-4-7-16)20-8-5-9-21(23(20)22)24(25)26;26-24-21-13-7-12-20-19(18-10-5-2-6-11-18)14-15-22(23(20)21)25(24)16-17-8-3-1-4-9-17;25-23-20-13-7-12-19-18(16-8-3-1-4-9-16)14-15-21(22(19)20)24(23)17-10-5-2-6-11-17;1-22-13-6-14-23-19-12-11-16(15-7-3-2-4-8-15)17-9-5-10-18(20(17)19)21(23)24/h1-14H;2-15H,1H3;1-15H,16H2;1-15H;2-5,7-12H,6,13-14H2. The third-order valence-corrected chi connectivity index (χ3v) is 24.7. The van der Waals surface area contributed by atoms with Crippen LogP contribution in [0.4, 0.5) is 58.7 Å². The van der Waals surface area contributed by atoms with Crippen LogP contribution in [-0.2, 0) is 12.7 Å². The number of amides is 5. The Kier molecular flexibility index (Phi) is 22.0. The molecule has 19 aromatic rings. The molecule has 0 saturated carbocycles. The number of hydrogen-bond donors (Lipinski definition) is 0. The monoisotopic (exact) mass is 1710 g/mol. The minimum atomic E-state index is -4.42. The van der Waals surface area contributed by atoms with E-state index in [9.17, 15) is 37.1 Å². The highest BCUT2D eigenvalue weighted by molar-refractivity contribution is 6.33. The SMILES string of the molecule is COc1ccc(N2C(=O)c3cccc4c(-c5ccccc5)ccc2c34)cc1.O=C1c2cccc3c(-c4ccccc4)ccc(c23)N1Cc1ccccc1.O=C1c2cccc3c(-c4ccccc4)ccc(c23)N1c1ccc(C(F)(F)F)cc1.O=C1c2cccc3c(-c4ccccc4)ccc(c23)N1c1ccccc1.[C-]#[N+]CCCN1C(=O)c2cccc3c(-c4ccccc4)ccc1c23. The number of anilines is 8. The van der Waals surface area contributed by atoms with Crippen LogP contribution in [0.1, 0.15) is 69.3 Å². The Morgan fingerprint density at radius 1 is 0.275 bits per heavy atom. The van der Waals surface area contributed by atoms with Crippen molar-refractivity contribution in [2.45, 2.75) is 19.1 Å². The lowest BCUT2D eigenvalue weighted by Gasteiger charge is -2.19. The Bertz CT molecular complexity index is 7740. The number of ether oxygens (including phenoxy) is 1. The number of rotatable bonds is 14. The van der Waals surface area contributed by atoms with Crippen LogP contribution >= 0.6 is 0 Å². The lowest BCUT2D eigenvalue weighted by molar-refractivity contribution is -0.137. The first-order valence-electron chi connectivity index (χ1n) is 43.2. The largest absolute Gasteiger partial charge is 0.497 e. The Hall–Kier alpha value is -17.1. The zero-order valence-electron chi connectivity index (χ0n) is 70.9. The van der Waals surface area contributed by atoms with Gasteiger partial charge in [-0.15, -0.1) is 0 Å². The molecule has 0 unspecified atom stereocenters. The van der Waals surface area contributed by atoms with Crippen molar-refractivity contribution in [3.63, 3.8) is 0 Å². The first-order valence-corrected chi connectivity index (χ1v) is 43.2. The van der Waals surface area contributed by atoms with Gasteiger partial charge in [-0.1, -0.05) is 291 Å². The van der Waals surface area contributed by atoms with Gasteiger partial charge in [0.25, 0.3) is 29.5 Å². The number of carbonyl (C=O) groups is 5. The van der Waals surface area contributed by atoms with E-state index < -0.39 is 11.7 Å². The van der Waals surface area contributed by atoms with E-state index in [0.29, 0.717) is 43.0 Å². The van der Waals surface area contributed by atoms with E-state index in [1.807, 2.05) is 276 Å². The molecule has 0 aromatic heterocycles. The van der Waals surface area contributed by atoms with Gasteiger partial charge in [0.2, 0.25) is 6.54 Å². The van der Waals surface area contributed by atoms with E-state index >= 15 is 0 Å². The minimum absolute atomic E-state index is 0.00554. The van der Waals surface area contributed by atoms with Crippen molar-refractivity contribution in [3.8, 4) is 61.4 Å². The third kappa shape index (κ3) is 15.1. The van der Waals surface area contributed by atoms with Crippen LogP contribution in [0, 0.1) is 6.57 Å². The molecule has 5 aliphatic heterocycles.